The van der Waals surface area contributed by atoms with Gasteiger partial charge in [0.25, 0.3) is 11.8 Å². The zero-order chi connectivity index (χ0) is 13.5. The van der Waals surface area contributed by atoms with Crippen LogP contribution in [0.25, 0.3) is 0 Å². The first kappa shape index (κ1) is 12.6. The third-order valence-electron chi connectivity index (χ3n) is 2.98. The van der Waals surface area contributed by atoms with Gasteiger partial charge in [0.1, 0.15) is 0 Å². The van der Waals surface area contributed by atoms with Crippen molar-refractivity contribution in [2.75, 3.05) is 12.3 Å². The number of aliphatic hydroxyl groups is 1. The van der Waals surface area contributed by atoms with E-state index in [-0.39, 0.29) is 23.9 Å². The molecule has 18 heavy (non-hydrogen) atoms. The highest BCUT2D eigenvalue weighted by Crippen LogP contribution is 2.28. The van der Waals surface area contributed by atoms with Crippen molar-refractivity contribution in [1.29, 1.82) is 0 Å². The molecule has 0 aliphatic carbocycles. The van der Waals surface area contributed by atoms with Crippen LogP contribution < -0.4 is 5.73 Å². The summed E-state index contributed by atoms with van der Waals surface area (Å²) in [4.78, 5) is 25.3. The normalized spacial score (nSPS) is 15.2. The van der Waals surface area contributed by atoms with Crippen LogP contribution in [0.3, 0.4) is 0 Å². The summed E-state index contributed by atoms with van der Waals surface area (Å²) in [5.41, 5.74) is 5.74. The van der Waals surface area contributed by atoms with Crippen LogP contribution in [0.2, 0.25) is 0 Å². The average Bonchev–Trinajstić information content (AvgIpc) is 2.49. The maximum absolute atomic E-state index is 12.1. The quantitative estimate of drug-likeness (QED) is 0.618. The molecule has 0 saturated carbocycles. The Bertz CT molecular complexity index is 517. The van der Waals surface area contributed by atoms with E-state index in [1.165, 1.54) is 0 Å². The Balaban J connectivity index is 2.27. The summed E-state index contributed by atoms with van der Waals surface area (Å²) in [5, 5.41) is 9.65. The molecule has 0 bridgehead atoms. The lowest BCUT2D eigenvalue weighted by molar-refractivity contribution is 0.0479. The summed E-state index contributed by atoms with van der Waals surface area (Å²) in [6.07, 6.45) is 0.332. The Morgan fingerprint density at radius 3 is 2.50 bits per heavy atom. The molecular formula is C13H16N2O3. The molecule has 1 aliphatic rings. The molecule has 0 unspecified atom stereocenters. The summed E-state index contributed by atoms with van der Waals surface area (Å²) in [6.45, 7) is 3.47. The minimum Gasteiger partial charge on any atom is -0.398 e. The van der Waals surface area contributed by atoms with Gasteiger partial charge in [0.2, 0.25) is 0 Å². The molecule has 0 radical (unpaired) electrons. The molecule has 5 nitrogen and oxygen atoms in total. The smallest absolute Gasteiger partial charge is 0.263 e. The Morgan fingerprint density at radius 2 is 1.94 bits per heavy atom. The van der Waals surface area contributed by atoms with Crippen LogP contribution in [-0.2, 0) is 0 Å². The minimum atomic E-state index is -0.916. The van der Waals surface area contributed by atoms with Gasteiger partial charge in [0.15, 0.2) is 0 Å². The minimum absolute atomic E-state index is 0.190. The highest BCUT2D eigenvalue weighted by Gasteiger charge is 2.37. The first-order valence-corrected chi connectivity index (χ1v) is 5.78. The van der Waals surface area contributed by atoms with Crippen molar-refractivity contribution < 1.29 is 14.7 Å². The van der Waals surface area contributed by atoms with Crippen molar-refractivity contribution in [2.24, 2.45) is 0 Å². The first-order valence-electron chi connectivity index (χ1n) is 5.78. The molecule has 1 aromatic rings. The Morgan fingerprint density at radius 1 is 1.28 bits per heavy atom. The number of anilines is 1. The van der Waals surface area contributed by atoms with E-state index >= 15 is 0 Å². The lowest BCUT2D eigenvalue weighted by Gasteiger charge is -2.21. The van der Waals surface area contributed by atoms with Gasteiger partial charge in [-0.3, -0.25) is 14.5 Å². The van der Waals surface area contributed by atoms with Crippen molar-refractivity contribution in [3.63, 3.8) is 0 Å². The summed E-state index contributed by atoms with van der Waals surface area (Å²) < 4.78 is 0. The fourth-order valence-corrected chi connectivity index (χ4v) is 1.95. The van der Waals surface area contributed by atoms with Gasteiger partial charge in [-0.25, -0.2) is 0 Å². The molecule has 0 aromatic heterocycles. The van der Waals surface area contributed by atoms with E-state index in [1.54, 1.807) is 32.0 Å². The predicted molar refractivity (Wildman–Crippen MR) is 67.1 cm³/mol. The molecule has 1 aliphatic heterocycles. The van der Waals surface area contributed by atoms with Crippen LogP contribution in [0, 0.1) is 0 Å². The maximum atomic E-state index is 12.1. The molecule has 1 heterocycles. The van der Waals surface area contributed by atoms with Crippen molar-refractivity contribution >= 4 is 17.5 Å². The molecule has 0 saturated heterocycles. The number of nitrogens with two attached hydrogens (primary N) is 1. The number of hydrogen-bond acceptors (Lipinski definition) is 4. The number of fused-ring (bicyclic) bond motifs is 1. The summed E-state index contributed by atoms with van der Waals surface area (Å²) in [7, 11) is 0. The van der Waals surface area contributed by atoms with Crippen LogP contribution in [0.5, 0.6) is 0 Å². The Kier molecular flexibility index (Phi) is 2.86. The zero-order valence-electron chi connectivity index (χ0n) is 10.4. The van der Waals surface area contributed by atoms with E-state index in [0.29, 0.717) is 17.7 Å². The molecule has 2 rings (SSSR count). The van der Waals surface area contributed by atoms with Gasteiger partial charge in [-0.15, -0.1) is 0 Å². The fourth-order valence-electron chi connectivity index (χ4n) is 1.95. The number of carbonyl (C=O) groups excluding carboxylic acids is 2. The van der Waals surface area contributed by atoms with Crippen LogP contribution in [0.1, 0.15) is 41.0 Å². The molecule has 0 atom stereocenters. The standard InChI is InChI=1S/C13H16N2O3/c1-13(2,18)6-7-15-11(16)8-4-3-5-9(14)10(8)12(15)17/h3-5,18H,6-7,14H2,1-2H3. The van der Waals surface area contributed by atoms with Crippen molar-refractivity contribution in [3.8, 4) is 0 Å². The molecule has 2 amide bonds. The topological polar surface area (TPSA) is 83.6 Å². The van der Waals surface area contributed by atoms with Gasteiger partial charge in [-0.1, -0.05) is 6.07 Å². The lowest BCUT2D eigenvalue weighted by atomic mass is 10.1. The maximum Gasteiger partial charge on any atom is 0.263 e. The number of nitrogen functional groups attached to an aromatic ring is 1. The van der Waals surface area contributed by atoms with Crippen LogP contribution in [0.15, 0.2) is 18.2 Å². The molecule has 3 N–H and O–H groups in total. The highest BCUT2D eigenvalue weighted by molar-refractivity contribution is 6.23. The van der Waals surface area contributed by atoms with E-state index in [1.807, 2.05) is 0 Å². The second-order valence-corrected chi connectivity index (χ2v) is 5.09. The molecule has 96 valence electrons. The fraction of sp³-hybridized carbons (Fsp3) is 0.385. The summed E-state index contributed by atoms with van der Waals surface area (Å²) in [5.74, 6) is -0.719. The van der Waals surface area contributed by atoms with E-state index in [4.69, 9.17) is 5.73 Å². The van der Waals surface area contributed by atoms with Crippen LogP contribution in [-0.4, -0.2) is 34.0 Å². The summed E-state index contributed by atoms with van der Waals surface area (Å²) in [6, 6.07) is 4.85. The second kappa shape index (κ2) is 4.10. The number of rotatable bonds is 3. The predicted octanol–water partition coefficient (Wildman–Crippen LogP) is 1.03. The molecule has 0 fully saturated rings. The van der Waals surface area contributed by atoms with Gasteiger partial charge >= 0.3 is 0 Å². The van der Waals surface area contributed by atoms with Gasteiger partial charge in [-0.2, -0.15) is 0 Å². The number of carbonyl (C=O) groups is 2. The van der Waals surface area contributed by atoms with Crippen molar-refractivity contribution in [3.05, 3.63) is 29.3 Å². The van der Waals surface area contributed by atoms with E-state index in [2.05, 4.69) is 0 Å². The monoisotopic (exact) mass is 248 g/mol. The first-order chi connectivity index (χ1) is 8.31. The van der Waals surface area contributed by atoms with Gasteiger partial charge in [0.05, 0.1) is 16.7 Å². The van der Waals surface area contributed by atoms with Crippen molar-refractivity contribution in [2.45, 2.75) is 25.9 Å². The summed E-state index contributed by atoms with van der Waals surface area (Å²) >= 11 is 0. The molecule has 1 aromatic carbocycles. The van der Waals surface area contributed by atoms with Gasteiger partial charge < -0.3 is 10.8 Å². The SMILES string of the molecule is CC(C)(O)CCN1C(=O)c2cccc(N)c2C1=O. The number of amides is 2. The van der Waals surface area contributed by atoms with Crippen LogP contribution >= 0.6 is 0 Å². The Hall–Kier alpha value is -1.88. The van der Waals surface area contributed by atoms with E-state index in [9.17, 15) is 14.7 Å². The lowest BCUT2D eigenvalue weighted by Crippen LogP contribution is -2.35. The number of nitrogens with zero attached hydrogens (tertiary/aromatic N) is 1. The number of hydrogen-bond donors (Lipinski definition) is 2. The number of benzene rings is 1. The Labute approximate surface area is 105 Å². The second-order valence-electron chi connectivity index (χ2n) is 5.09. The van der Waals surface area contributed by atoms with E-state index < -0.39 is 5.60 Å². The third kappa shape index (κ3) is 2.09. The van der Waals surface area contributed by atoms with Gasteiger partial charge in [0, 0.05) is 12.2 Å². The largest absolute Gasteiger partial charge is 0.398 e. The van der Waals surface area contributed by atoms with Gasteiger partial charge in [-0.05, 0) is 32.4 Å². The molecule has 5 heteroatoms. The highest BCUT2D eigenvalue weighted by atomic mass is 16.3. The van der Waals surface area contributed by atoms with E-state index in [0.717, 1.165) is 4.90 Å². The van der Waals surface area contributed by atoms with Crippen LogP contribution in [0.4, 0.5) is 5.69 Å². The average molecular weight is 248 g/mol. The number of imide groups is 1. The molecular weight excluding hydrogens is 232 g/mol. The molecule has 0 spiro atoms. The van der Waals surface area contributed by atoms with Crippen molar-refractivity contribution in [1.82, 2.24) is 4.90 Å². The zero-order valence-corrected chi connectivity index (χ0v) is 10.4. The third-order valence-corrected chi connectivity index (χ3v) is 2.98.